The molecule has 0 unspecified atom stereocenters. The molecule has 1 saturated heterocycles. The van der Waals surface area contributed by atoms with Crippen LogP contribution in [0.4, 0.5) is 15.3 Å². The summed E-state index contributed by atoms with van der Waals surface area (Å²) in [6, 6.07) is 12.9. The Morgan fingerprint density at radius 3 is 2.22 bits per heavy atom. The van der Waals surface area contributed by atoms with Crippen molar-refractivity contribution >= 4 is 34.2 Å². The Morgan fingerprint density at radius 1 is 0.892 bits per heavy atom. The molecule has 1 fully saturated rings. The molecule has 7 nitrogen and oxygen atoms in total. The van der Waals surface area contributed by atoms with Crippen LogP contribution in [0.15, 0.2) is 42.0 Å². The fourth-order valence-electron chi connectivity index (χ4n) is 5.83. The first-order valence-electron chi connectivity index (χ1n) is 13.6. The molecule has 0 aromatic heterocycles. The molecular formula is C30H39N3O4. The number of carbonyl (C=O) groups is 2. The second-order valence-corrected chi connectivity index (χ2v) is 11.5. The minimum atomic E-state index is -0.309. The summed E-state index contributed by atoms with van der Waals surface area (Å²) in [7, 11) is 0. The molecule has 1 N–H and O–H groups in total. The zero-order valence-corrected chi connectivity index (χ0v) is 22.5. The van der Waals surface area contributed by atoms with Gasteiger partial charge in [0.25, 0.3) is 0 Å². The number of hydrogen-bond donors (Lipinski definition) is 1. The van der Waals surface area contributed by atoms with Gasteiger partial charge in [-0.1, -0.05) is 58.0 Å². The van der Waals surface area contributed by atoms with E-state index in [4.69, 9.17) is 9.47 Å². The Hall–Kier alpha value is -3.22. The molecule has 5 rings (SSSR count). The topological polar surface area (TPSA) is 71.1 Å². The van der Waals surface area contributed by atoms with Gasteiger partial charge in [0, 0.05) is 37.4 Å². The van der Waals surface area contributed by atoms with E-state index in [1.54, 1.807) is 0 Å². The van der Waals surface area contributed by atoms with Crippen LogP contribution in [0, 0.1) is 11.8 Å². The molecule has 1 spiro atoms. The molecule has 0 atom stereocenters. The van der Waals surface area contributed by atoms with E-state index in [-0.39, 0.29) is 17.7 Å². The van der Waals surface area contributed by atoms with Crippen LogP contribution in [-0.2, 0) is 9.47 Å². The summed E-state index contributed by atoms with van der Waals surface area (Å²) in [6.07, 6.45) is 1.85. The van der Waals surface area contributed by atoms with Crippen molar-refractivity contribution in [2.75, 3.05) is 44.7 Å². The zero-order chi connectivity index (χ0) is 26.2. The molecule has 37 heavy (non-hydrogen) atoms. The van der Waals surface area contributed by atoms with Crippen molar-refractivity contribution in [1.29, 1.82) is 0 Å². The number of rotatable bonds is 4. The smallest absolute Gasteiger partial charge is 0.410 e. The average Bonchev–Trinajstić information content (AvgIpc) is 2.90. The molecule has 3 aliphatic rings. The van der Waals surface area contributed by atoms with Crippen molar-refractivity contribution in [2.45, 2.75) is 52.5 Å². The summed E-state index contributed by atoms with van der Waals surface area (Å²) >= 11 is 0. The fourth-order valence-corrected chi connectivity index (χ4v) is 5.83. The van der Waals surface area contributed by atoms with Crippen LogP contribution >= 0.6 is 0 Å². The molecule has 7 heteroatoms. The number of nitrogens with zero attached hydrogens (tertiary/aromatic N) is 2. The molecule has 3 heterocycles. The number of ether oxygens (including phenoxy) is 2. The number of nitrogens with one attached hydrogen (secondary N) is 1. The van der Waals surface area contributed by atoms with Crippen molar-refractivity contribution in [1.82, 2.24) is 9.80 Å². The number of carbonyl (C=O) groups excluding carboxylic acids is 2. The molecule has 2 amide bonds. The largest absolute Gasteiger partial charge is 0.449 e. The van der Waals surface area contributed by atoms with Crippen LogP contribution in [0.25, 0.3) is 16.3 Å². The maximum absolute atomic E-state index is 13.0. The first kappa shape index (κ1) is 25.4. The lowest BCUT2D eigenvalue weighted by atomic mass is 9.71. The molecule has 198 valence electrons. The minimum absolute atomic E-state index is 0.234. The monoisotopic (exact) mass is 505 g/mol. The maximum atomic E-state index is 13.0. The lowest BCUT2D eigenvalue weighted by Crippen LogP contribution is -2.56. The van der Waals surface area contributed by atoms with Gasteiger partial charge in [0.1, 0.15) is 0 Å². The highest BCUT2D eigenvalue weighted by molar-refractivity contribution is 6.02. The van der Waals surface area contributed by atoms with Crippen molar-refractivity contribution < 1.29 is 19.1 Å². The first-order chi connectivity index (χ1) is 17.8. The third-order valence-electron chi connectivity index (χ3n) is 7.74. The summed E-state index contributed by atoms with van der Waals surface area (Å²) in [4.78, 5) is 29.3. The van der Waals surface area contributed by atoms with Gasteiger partial charge in [0.15, 0.2) is 0 Å². The molecule has 0 radical (unpaired) electrons. The normalized spacial score (nSPS) is 18.6. The Morgan fingerprint density at radius 2 is 1.54 bits per heavy atom. The molecule has 2 aromatic carbocycles. The SMILES string of the molecule is CC(C)COC(=O)N1CCC2(CC1)Nc1ccc3ccccc3c1C1=C2CN(C(=O)OCC(C)C)CC1. The van der Waals surface area contributed by atoms with E-state index in [9.17, 15) is 9.59 Å². The van der Waals surface area contributed by atoms with Crippen molar-refractivity contribution in [2.24, 2.45) is 11.8 Å². The van der Waals surface area contributed by atoms with Gasteiger partial charge in [-0.2, -0.15) is 0 Å². The van der Waals surface area contributed by atoms with Gasteiger partial charge in [-0.3, -0.25) is 0 Å². The Kier molecular flexibility index (Phi) is 7.06. The summed E-state index contributed by atoms with van der Waals surface area (Å²) in [5.74, 6) is 0.604. The predicted octanol–water partition coefficient (Wildman–Crippen LogP) is 6.14. The molecule has 0 bridgehead atoms. The van der Waals surface area contributed by atoms with Crippen molar-refractivity contribution in [3.05, 3.63) is 47.5 Å². The van der Waals surface area contributed by atoms with Crippen LogP contribution in [0.2, 0.25) is 0 Å². The highest BCUT2D eigenvalue weighted by Crippen LogP contribution is 2.49. The van der Waals surface area contributed by atoms with E-state index in [1.807, 2.05) is 37.5 Å². The number of piperidine rings is 1. The van der Waals surface area contributed by atoms with Gasteiger partial charge in [-0.25, -0.2) is 9.59 Å². The van der Waals surface area contributed by atoms with Crippen LogP contribution in [-0.4, -0.2) is 66.9 Å². The van der Waals surface area contributed by atoms with Gasteiger partial charge < -0.3 is 24.6 Å². The van der Waals surface area contributed by atoms with Crippen LogP contribution in [0.3, 0.4) is 0 Å². The third-order valence-corrected chi connectivity index (χ3v) is 7.74. The van der Waals surface area contributed by atoms with E-state index >= 15 is 0 Å². The summed E-state index contributed by atoms with van der Waals surface area (Å²) in [5, 5.41) is 6.36. The lowest BCUT2D eigenvalue weighted by Gasteiger charge is -2.50. The summed E-state index contributed by atoms with van der Waals surface area (Å²) in [6.45, 7) is 11.4. The van der Waals surface area contributed by atoms with Gasteiger partial charge in [0.05, 0.1) is 18.8 Å². The summed E-state index contributed by atoms with van der Waals surface area (Å²) in [5.41, 5.74) is 4.70. The second kappa shape index (κ2) is 10.3. The van der Waals surface area contributed by atoms with E-state index < -0.39 is 0 Å². The molecule has 0 saturated carbocycles. The average molecular weight is 506 g/mol. The number of fused-ring (bicyclic) bond motifs is 5. The summed E-state index contributed by atoms with van der Waals surface area (Å²) < 4.78 is 11.1. The van der Waals surface area contributed by atoms with E-state index in [0.717, 1.165) is 24.9 Å². The zero-order valence-electron chi connectivity index (χ0n) is 22.5. The van der Waals surface area contributed by atoms with Crippen LogP contribution in [0.5, 0.6) is 0 Å². The second-order valence-electron chi connectivity index (χ2n) is 11.5. The van der Waals surface area contributed by atoms with Crippen molar-refractivity contribution in [3.63, 3.8) is 0 Å². The third kappa shape index (κ3) is 5.00. The fraction of sp³-hybridized carbons (Fsp3) is 0.533. The predicted molar refractivity (Wildman–Crippen MR) is 147 cm³/mol. The van der Waals surface area contributed by atoms with Gasteiger partial charge in [-0.05, 0) is 59.1 Å². The molecule has 0 aliphatic carbocycles. The van der Waals surface area contributed by atoms with E-state index in [1.165, 1.54) is 27.5 Å². The number of amides is 2. The number of likely N-dealkylation sites (tertiary alicyclic amines) is 1. The number of benzene rings is 2. The first-order valence-corrected chi connectivity index (χ1v) is 13.6. The van der Waals surface area contributed by atoms with E-state index in [0.29, 0.717) is 51.2 Å². The highest BCUT2D eigenvalue weighted by Gasteiger charge is 2.46. The molecule has 2 aromatic rings. The molecule has 3 aliphatic heterocycles. The molecular weight excluding hydrogens is 466 g/mol. The quantitative estimate of drug-likeness (QED) is 0.540. The number of hydrogen-bond acceptors (Lipinski definition) is 5. The maximum Gasteiger partial charge on any atom is 0.410 e. The highest BCUT2D eigenvalue weighted by atomic mass is 16.6. The van der Waals surface area contributed by atoms with Gasteiger partial charge >= 0.3 is 12.2 Å². The number of anilines is 1. The lowest BCUT2D eigenvalue weighted by molar-refractivity contribution is 0.0778. The Labute approximate surface area is 219 Å². The Bertz CT molecular complexity index is 1210. The van der Waals surface area contributed by atoms with Crippen LogP contribution in [0.1, 0.15) is 52.5 Å². The minimum Gasteiger partial charge on any atom is -0.449 e. The van der Waals surface area contributed by atoms with Crippen molar-refractivity contribution in [3.8, 4) is 0 Å². The van der Waals surface area contributed by atoms with E-state index in [2.05, 4.69) is 41.7 Å². The van der Waals surface area contributed by atoms with Gasteiger partial charge in [0.2, 0.25) is 0 Å². The van der Waals surface area contributed by atoms with Crippen LogP contribution < -0.4 is 5.32 Å². The standard InChI is InChI=1S/C30H39N3O4/c1-20(2)18-36-28(34)32-15-12-30(13-16-32)25-17-33(29(35)37-19-21(3)4)14-11-24(25)27-23-8-6-5-7-22(23)9-10-26(27)31-30/h5-10,20-21,31H,11-19H2,1-4H3. The van der Waals surface area contributed by atoms with Gasteiger partial charge in [-0.15, -0.1) is 0 Å². The Balaban J connectivity index is 1.47.